The minimum atomic E-state index is -0.287. The molecule has 1 saturated heterocycles. The number of hydrogen-bond acceptors (Lipinski definition) is 5. The molecule has 4 atom stereocenters. The Morgan fingerprint density at radius 2 is 2.31 bits per heavy atom. The van der Waals surface area contributed by atoms with Crippen LogP contribution < -0.4 is 5.73 Å². The van der Waals surface area contributed by atoms with Gasteiger partial charge < -0.3 is 10.5 Å². The van der Waals surface area contributed by atoms with E-state index < -0.39 is 0 Å². The molecule has 2 N–H and O–H groups in total. The van der Waals surface area contributed by atoms with E-state index in [9.17, 15) is 4.79 Å². The zero-order valence-corrected chi connectivity index (χ0v) is 8.38. The Labute approximate surface area is 81.4 Å². The third-order valence-corrected chi connectivity index (χ3v) is 3.81. The lowest BCUT2D eigenvalue weighted by Crippen LogP contribution is -2.26. The number of ether oxygens (including phenoxy) is 1. The number of carbonyl (C=O) groups excluding carboxylic acids is 1. The van der Waals surface area contributed by atoms with Crippen LogP contribution in [-0.4, -0.2) is 23.7 Å². The lowest BCUT2D eigenvalue weighted by atomic mass is 9.93. The number of thioether (sulfide) groups is 1. The first-order valence-corrected chi connectivity index (χ1v) is 4.94. The molecule has 13 heavy (non-hydrogen) atoms. The fraction of sp³-hybridized carbons (Fsp3) is 0.750. The van der Waals surface area contributed by atoms with E-state index >= 15 is 0 Å². The second kappa shape index (κ2) is 3.99. The van der Waals surface area contributed by atoms with Crippen molar-refractivity contribution in [3.8, 4) is 6.07 Å². The second-order valence-corrected chi connectivity index (χ2v) is 4.38. The highest BCUT2D eigenvalue weighted by Gasteiger charge is 2.44. The predicted octanol–water partition coefficient (Wildman–Crippen LogP) is 0.335. The van der Waals surface area contributed by atoms with Gasteiger partial charge in [-0.3, -0.25) is 4.79 Å². The largest absolute Gasteiger partial charge is 0.468 e. The maximum absolute atomic E-state index is 11.2. The van der Waals surface area contributed by atoms with Crippen LogP contribution in [0.4, 0.5) is 0 Å². The van der Waals surface area contributed by atoms with Crippen LogP contribution in [0.5, 0.6) is 0 Å². The molecule has 1 aliphatic rings. The molecule has 4 nitrogen and oxygen atoms in total. The molecule has 0 radical (unpaired) electrons. The van der Waals surface area contributed by atoms with Crippen molar-refractivity contribution in [3.63, 3.8) is 0 Å². The summed E-state index contributed by atoms with van der Waals surface area (Å²) in [4.78, 5) is 11.2. The number of nitrogens with zero attached hydrogens (tertiary/aromatic N) is 1. The number of methoxy groups -OCH3 is 1. The molecule has 0 amide bonds. The lowest BCUT2D eigenvalue weighted by molar-refractivity contribution is -0.140. The first kappa shape index (κ1) is 10.4. The van der Waals surface area contributed by atoms with E-state index in [2.05, 4.69) is 10.8 Å². The molecule has 0 saturated carbocycles. The topological polar surface area (TPSA) is 76.1 Å². The quantitative estimate of drug-likeness (QED) is 0.617. The average molecular weight is 200 g/mol. The van der Waals surface area contributed by atoms with E-state index in [0.29, 0.717) is 0 Å². The lowest BCUT2D eigenvalue weighted by Gasteiger charge is -2.12. The zero-order valence-electron chi connectivity index (χ0n) is 7.56. The van der Waals surface area contributed by atoms with Crippen LogP contribution in [0, 0.1) is 23.2 Å². The summed E-state index contributed by atoms with van der Waals surface area (Å²) in [6.07, 6.45) is 0. The number of rotatable bonds is 1. The van der Waals surface area contributed by atoms with Crippen molar-refractivity contribution in [3.05, 3.63) is 0 Å². The van der Waals surface area contributed by atoms with Gasteiger partial charge in [0.15, 0.2) is 0 Å². The molecule has 0 aromatic rings. The maximum atomic E-state index is 11.2. The van der Waals surface area contributed by atoms with Crippen molar-refractivity contribution in [1.82, 2.24) is 0 Å². The summed E-state index contributed by atoms with van der Waals surface area (Å²) in [6.45, 7) is 1.86. The van der Waals surface area contributed by atoms with Crippen molar-refractivity contribution < 1.29 is 9.53 Å². The summed E-state index contributed by atoms with van der Waals surface area (Å²) >= 11 is 1.32. The number of carbonyl (C=O) groups is 1. The SMILES string of the molecule is COC(=O)C1SC(N)C(C#N)C1C. The molecule has 4 unspecified atom stereocenters. The Bertz CT molecular complexity index is 251. The number of nitrogens with two attached hydrogens (primary N) is 1. The van der Waals surface area contributed by atoms with Crippen LogP contribution in [0.3, 0.4) is 0 Å². The monoisotopic (exact) mass is 200 g/mol. The van der Waals surface area contributed by atoms with E-state index in [4.69, 9.17) is 11.0 Å². The Kier molecular flexibility index (Phi) is 3.17. The van der Waals surface area contributed by atoms with Crippen LogP contribution in [-0.2, 0) is 9.53 Å². The minimum absolute atomic E-state index is 0.0301. The highest BCUT2D eigenvalue weighted by atomic mass is 32.2. The number of esters is 1. The molecular weight excluding hydrogens is 188 g/mol. The van der Waals surface area contributed by atoms with Gasteiger partial charge in [0.25, 0.3) is 0 Å². The van der Waals surface area contributed by atoms with Crippen LogP contribution in [0.1, 0.15) is 6.92 Å². The molecule has 72 valence electrons. The normalized spacial score (nSPS) is 38.3. The van der Waals surface area contributed by atoms with Crippen molar-refractivity contribution in [2.45, 2.75) is 17.5 Å². The van der Waals surface area contributed by atoms with Crippen LogP contribution in [0.15, 0.2) is 0 Å². The number of nitriles is 1. The summed E-state index contributed by atoms with van der Waals surface area (Å²) in [5.74, 6) is -0.572. The van der Waals surface area contributed by atoms with E-state index in [1.165, 1.54) is 18.9 Å². The average Bonchev–Trinajstić information content (AvgIpc) is 2.40. The fourth-order valence-electron chi connectivity index (χ4n) is 1.44. The van der Waals surface area contributed by atoms with Gasteiger partial charge in [-0.2, -0.15) is 5.26 Å². The van der Waals surface area contributed by atoms with E-state index in [-0.39, 0.29) is 28.4 Å². The van der Waals surface area contributed by atoms with Gasteiger partial charge in [0.05, 0.1) is 24.5 Å². The third kappa shape index (κ3) is 1.79. The molecule has 0 aliphatic carbocycles. The van der Waals surface area contributed by atoms with Gasteiger partial charge in [0.1, 0.15) is 5.25 Å². The number of hydrogen-bond donors (Lipinski definition) is 1. The summed E-state index contributed by atoms with van der Waals surface area (Å²) in [6, 6.07) is 2.12. The Morgan fingerprint density at radius 3 is 2.69 bits per heavy atom. The van der Waals surface area contributed by atoms with Crippen LogP contribution in [0.2, 0.25) is 0 Å². The molecule has 1 heterocycles. The summed E-state index contributed by atoms with van der Waals surface area (Å²) in [5.41, 5.74) is 5.70. The molecule has 1 fully saturated rings. The second-order valence-electron chi connectivity index (χ2n) is 3.06. The molecule has 0 spiro atoms. The first-order chi connectivity index (χ1) is 6.11. The van der Waals surface area contributed by atoms with Gasteiger partial charge in [-0.05, 0) is 5.92 Å². The fourth-order valence-corrected chi connectivity index (χ4v) is 2.88. The predicted molar refractivity (Wildman–Crippen MR) is 49.6 cm³/mol. The zero-order chi connectivity index (χ0) is 10.0. The van der Waals surface area contributed by atoms with E-state index in [0.717, 1.165) is 0 Å². The molecular formula is C8H12N2O2S. The maximum Gasteiger partial charge on any atom is 0.319 e. The van der Waals surface area contributed by atoms with Gasteiger partial charge in [0.2, 0.25) is 0 Å². The van der Waals surface area contributed by atoms with Crippen LogP contribution >= 0.6 is 11.8 Å². The van der Waals surface area contributed by atoms with Gasteiger partial charge >= 0.3 is 5.97 Å². The van der Waals surface area contributed by atoms with Gasteiger partial charge in [-0.25, -0.2) is 0 Å². The Hall–Kier alpha value is -0.730. The van der Waals surface area contributed by atoms with E-state index in [1.807, 2.05) is 6.92 Å². The smallest absolute Gasteiger partial charge is 0.319 e. The molecule has 5 heteroatoms. The Morgan fingerprint density at radius 1 is 1.69 bits per heavy atom. The molecule has 0 bridgehead atoms. The third-order valence-electron chi connectivity index (χ3n) is 2.28. The highest BCUT2D eigenvalue weighted by molar-refractivity contribution is 8.01. The minimum Gasteiger partial charge on any atom is -0.468 e. The molecule has 0 aromatic heterocycles. The summed E-state index contributed by atoms with van der Waals surface area (Å²) in [7, 11) is 1.35. The van der Waals surface area contributed by atoms with Crippen molar-refractivity contribution >= 4 is 17.7 Å². The summed E-state index contributed by atoms with van der Waals surface area (Å²) < 4.78 is 4.62. The molecule has 1 aliphatic heterocycles. The molecule has 1 rings (SSSR count). The van der Waals surface area contributed by atoms with Crippen molar-refractivity contribution in [2.75, 3.05) is 7.11 Å². The van der Waals surface area contributed by atoms with Crippen molar-refractivity contribution in [1.29, 1.82) is 5.26 Å². The standard InChI is InChI=1S/C8H12N2O2S/c1-4-5(3-9)7(10)13-6(4)8(11)12-2/h4-7H,10H2,1-2H3. The van der Waals surface area contributed by atoms with Gasteiger partial charge in [-0.1, -0.05) is 6.92 Å². The molecule has 0 aromatic carbocycles. The highest BCUT2D eigenvalue weighted by Crippen LogP contribution is 2.40. The first-order valence-electron chi connectivity index (χ1n) is 4.00. The van der Waals surface area contributed by atoms with Crippen LogP contribution in [0.25, 0.3) is 0 Å². The van der Waals surface area contributed by atoms with Gasteiger partial charge in [-0.15, -0.1) is 11.8 Å². The van der Waals surface area contributed by atoms with Crippen molar-refractivity contribution in [2.24, 2.45) is 17.6 Å². The Balaban J connectivity index is 2.74. The summed E-state index contributed by atoms with van der Waals surface area (Å²) in [5, 5.41) is 8.22. The van der Waals surface area contributed by atoms with Gasteiger partial charge in [0, 0.05) is 0 Å². The van der Waals surface area contributed by atoms with E-state index in [1.54, 1.807) is 0 Å².